The number of phenols is 2. The van der Waals surface area contributed by atoms with Crippen LogP contribution in [0, 0.1) is 0 Å². The zero-order valence-electron chi connectivity index (χ0n) is 14.4. The van der Waals surface area contributed by atoms with E-state index in [4.69, 9.17) is 0 Å². The average Bonchev–Trinajstić information content (AvgIpc) is 3.12. The van der Waals surface area contributed by atoms with Crippen LogP contribution in [0.4, 0.5) is 0 Å². The third-order valence-electron chi connectivity index (χ3n) is 4.66. The molecule has 0 bridgehead atoms. The number of thiol groups is 1. The largest absolute Gasteiger partial charge is 0.508 e. The summed E-state index contributed by atoms with van der Waals surface area (Å²) in [6, 6.07) is 8.28. The van der Waals surface area contributed by atoms with Crippen LogP contribution in [0.5, 0.6) is 11.5 Å². The van der Waals surface area contributed by atoms with Crippen molar-refractivity contribution in [3.63, 3.8) is 0 Å². The first-order valence-corrected chi connectivity index (χ1v) is 10.6. The summed E-state index contributed by atoms with van der Waals surface area (Å²) in [6.07, 6.45) is 0.581. The number of hydrogen-bond donors (Lipinski definition) is 3. The van der Waals surface area contributed by atoms with Gasteiger partial charge in [0.25, 0.3) is 0 Å². The molecule has 0 saturated carbocycles. The predicted octanol–water partition coefficient (Wildman–Crippen LogP) is 2.63. The van der Waals surface area contributed by atoms with Gasteiger partial charge in [-0.2, -0.15) is 0 Å². The molecule has 4 rings (SSSR count). The smallest absolute Gasteiger partial charge is 0.193 e. The van der Waals surface area contributed by atoms with Crippen LogP contribution in [0.1, 0.15) is 23.6 Å². The molecule has 0 radical (unpaired) electrons. The maximum atomic E-state index is 11.9. The predicted molar refractivity (Wildman–Crippen MR) is 103 cm³/mol. The second kappa shape index (κ2) is 6.28. The second-order valence-corrected chi connectivity index (χ2v) is 8.96. The molecule has 0 amide bonds. The van der Waals surface area contributed by atoms with Gasteiger partial charge in [0.2, 0.25) is 0 Å². The molecule has 0 atom stereocenters. The summed E-state index contributed by atoms with van der Waals surface area (Å²) < 4.78 is 25.4. The summed E-state index contributed by atoms with van der Waals surface area (Å²) >= 11 is 4.36. The van der Waals surface area contributed by atoms with Gasteiger partial charge in [-0.3, -0.25) is 4.57 Å². The number of benzene rings is 2. The van der Waals surface area contributed by atoms with Crippen molar-refractivity contribution in [2.24, 2.45) is 0 Å². The lowest BCUT2D eigenvalue weighted by atomic mass is 10.1. The molecule has 3 aromatic rings. The SMILES string of the molecule is CCc1cc(-c2nnc(S)n2-c2ccc3c(c2)CS(=O)(=O)C3)c(O)cc1O. The number of aryl methyl sites for hydroxylation is 1. The van der Waals surface area contributed by atoms with Crippen molar-refractivity contribution in [2.75, 3.05) is 0 Å². The topological polar surface area (TPSA) is 105 Å². The quantitative estimate of drug-likeness (QED) is 0.581. The van der Waals surface area contributed by atoms with E-state index < -0.39 is 9.84 Å². The number of phenolic OH excluding ortho intramolecular Hbond substituents is 2. The Morgan fingerprint density at radius 2 is 1.81 bits per heavy atom. The van der Waals surface area contributed by atoms with E-state index in [0.717, 1.165) is 11.1 Å². The minimum absolute atomic E-state index is 0.0000205. The molecule has 0 fully saturated rings. The van der Waals surface area contributed by atoms with Crippen LogP contribution in [0.2, 0.25) is 0 Å². The number of fused-ring (bicyclic) bond motifs is 1. The highest BCUT2D eigenvalue weighted by Gasteiger charge is 2.26. The summed E-state index contributed by atoms with van der Waals surface area (Å²) in [5, 5.41) is 28.7. The fraction of sp³-hybridized carbons (Fsp3) is 0.222. The van der Waals surface area contributed by atoms with E-state index in [1.165, 1.54) is 6.07 Å². The number of hydrogen-bond acceptors (Lipinski definition) is 7. The van der Waals surface area contributed by atoms with Crippen LogP contribution in [-0.4, -0.2) is 33.4 Å². The molecule has 1 aliphatic heterocycles. The summed E-state index contributed by atoms with van der Waals surface area (Å²) in [7, 11) is -3.11. The van der Waals surface area contributed by atoms with Crippen molar-refractivity contribution in [3.05, 3.63) is 47.0 Å². The summed E-state index contributed by atoms with van der Waals surface area (Å²) in [5.41, 5.74) is 3.25. The lowest BCUT2D eigenvalue weighted by Gasteiger charge is -2.12. The van der Waals surface area contributed by atoms with E-state index in [0.29, 0.717) is 34.2 Å². The number of rotatable bonds is 3. The highest BCUT2D eigenvalue weighted by atomic mass is 32.2. The van der Waals surface area contributed by atoms with E-state index in [9.17, 15) is 18.6 Å². The average molecular weight is 403 g/mol. The Morgan fingerprint density at radius 3 is 2.56 bits per heavy atom. The standard InChI is InChI=1S/C18H17N3O4S2/c1-2-10-6-14(16(23)7-15(10)22)17-19-20-18(26)21(17)13-4-3-11-8-27(24,25)9-12(11)5-13/h3-7,22-23H,2,8-9H2,1H3,(H,20,26). The van der Waals surface area contributed by atoms with Crippen LogP contribution in [0.3, 0.4) is 0 Å². The molecular weight excluding hydrogens is 386 g/mol. The minimum atomic E-state index is -3.11. The molecular formula is C18H17N3O4S2. The first-order valence-electron chi connectivity index (χ1n) is 8.31. The van der Waals surface area contributed by atoms with Crippen molar-refractivity contribution < 1.29 is 18.6 Å². The monoisotopic (exact) mass is 403 g/mol. The van der Waals surface area contributed by atoms with Crippen LogP contribution < -0.4 is 0 Å². The molecule has 0 saturated heterocycles. The highest BCUT2D eigenvalue weighted by molar-refractivity contribution is 7.90. The third-order valence-corrected chi connectivity index (χ3v) is 6.45. The lowest BCUT2D eigenvalue weighted by Crippen LogP contribution is -2.00. The van der Waals surface area contributed by atoms with Gasteiger partial charge in [0.1, 0.15) is 11.5 Å². The Balaban J connectivity index is 1.88. The molecule has 27 heavy (non-hydrogen) atoms. The number of aromatic hydroxyl groups is 2. The van der Waals surface area contributed by atoms with Crippen molar-refractivity contribution >= 4 is 22.5 Å². The molecule has 0 spiro atoms. The maximum absolute atomic E-state index is 11.9. The van der Waals surface area contributed by atoms with Crippen LogP contribution in [0.15, 0.2) is 35.5 Å². The van der Waals surface area contributed by atoms with Gasteiger partial charge in [-0.25, -0.2) is 8.42 Å². The normalized spacial score (nSPS) is 15.0. The first-order chi connectivity index (χ1) is 12.8. The van der Waals surface area contributed by atoms with Crippen LogP contribution in [-0.2, 0) is 27.8 Å². The first kappa shape index (κ1) is 17.9. The molecule has 7 nitrogen and oxygen atoms in total. The van der Waals surface area contributed by atoms with E-state index >= 15 is 0 Å². The fourth-order valence-corrected chi connectivity index (χ4v) is 5.18. The molecule has 1 aromatic heterocycles. The molecule has 2 heterocycles. The van der Waals surface area contributed by atoms with E-state index in [2.05, 4.69) is 22.8 Å². The Labute approximate surface area is 161 Å². The van der Waals surface area contributed by atoms with Crippen molar-refractivity contribution in [1.29, 1.82) is 0 Å². The Kier molecular flexibility index (Phi) is 4.15. The number of nitrogens with zero attached hydrogens (tertiary/aromatic N) is 3. The fourth-order valence-electron chi connectivity index (χ4n) is 3.32. The zero-order valence-corrected chi connectivity index (χ0v) is 16.1. The highest BCUT2D eigenvalue weighted by Crippen LogP contribution is 2.37. The summed E-state index contributed by atoms with van der Waals surface area (Å²) in [5.74, 6) is 0.284. The van der Waals surface area contributed by atoms with Crippen molar-refractivity contribution in [2.45, 2.75) is 30.0 Å². The van der Waals surface area contributed by atoms with Crippen LogP contribution in [0.25, 0.3) is 17.1 Å². The second-order valence-electron chi connectivity index (χ2n) is 6.50. The molecule has 0 aliphatic carbocycles. The molecule has 9 heteroatoms. The molecule has 140 valence electrons. The van der Waals surface area contributed by atoms with Gasteiger partial charge in [-0.1, -0.05) is 13.0 Å². The number of sulfone groups is 1. The zero-order chi connectivity index (χ0) is 19.3. The van der Waals surface area contributed by atoms with Gasteiger partial charge in [0.15, 0.2) is 20.8 Å². The minimum Gasteiger partial charge on any atom is -0.508 e. The van der Waals surface area contributed by atoms with Gasteiger partial charge >= 0.3 is 0 Å². The lowest BCUT2D eigenvalue weighted by molar-refractivity contribution is 0.447. The van der Waals surface area contributed by atoms with Gasteiger partial charge in [0.05, 0.1) is 22.8 Å². The molecule has 1 aliphatic rings. The molecule has 2 aromatic carbocycles. The Bertz CT molecular complexity index is 1170. The van der Waals surface area contributed by atoms with Gasteiger partial charge in [0, 0.05) is 6.07 Å². The number of aromatic nitrogens is 3. The van der Waals surface area contributed by atoms with E-state index in [-0.39, 0.29) is 23.0 Å². The molecule has 2 N–H and O–H groups in total. The maximum Gasteiger partial charge on any atom is 0.193 e. The van der Waals surface area contributed by atoms with Gasteiger partial charge in [-0.15, -0.1) is 22.8 Å². The third kappa shape index (κ3) is 3.06. The van der Waals surface area contributed by atoms with E-state index in [1.807, 2.05) is 6.92 Å². The van der Waals surface area contributed by atoms with Crippen molar-refractivity contribution in [1.82, 2.24) is 14.8 Å². The van der Waals surface area contributed by atoms with Gasteiger partial charge < -0.3 is 10.2 Å². The van der Waals surface area contributed by atoms with Crippen LogP contribution >= 0.6 is 12.6 Å². The Morgan fingerprint density at radius 1 is 1.07 bits per heavy atom. The summed E-state index contributed by atoms with van der Waals surface area (Å²) in [6.45, 7) is 1.89. The molecule has 0 unspecified atom stereocenters. The summed E-state index contributed by atoms with van der Waals surface area (Å²) in [4.78, 5) is 0. The van der Waals surface area contributed by atoms with Crippen molar-refractivity contribution in [3.8, 4) is 28.6 Å². The van der Waals surface area contributed by atoms with E-state index in [1.54, 1.807) is 28.8 Å². The van der Waals surface area contributed by atoms with Gasteiger partial charge in [-0.05, 0) is 41.3 Å². The Hall–Kier alpha value is -2.52.